The third-order valence-corrected chi connectivity index (χ3v) is 3.79. The molecule has 3 rings (SSSR count). The Labute approximate surface area is 123 Å². The normalized spacial score (nSPS) is 10.9. The molecule has 0 amide bonds. The number of halogens is 1. The smallest absolute Gasteiger partial charge is 0.274 e. The number of nitrogens with zero attached hydrogens (tertiary/aromatic N) is 2. The summed E-state index contributed by atoms with van der Waals surface area (Å²) in [6.45, 7) is 0.535. The third kappa shape index (κ3) is 2.22. The van der Waals surface area contributed by atoms with Gasteiger partial charge in [-0.05, 0) is 33.6 Å². The number of aromatic amines is 1. The number of hydrogen-bond donors (Lipinski definition) is 1. The predicted molar refractivity (Wildman–Crippen MR) is 80.1 cm³/mol. The van der Waals surface area contributed by atoms with Crippen molar-refractivity contribution in [1.82, 2.24) is 14.8 Å². The highest BCUT2D eigenvalue weighted by atomic mass is 79.9. The Morgan fingerprint density at radius 3 is 2.80 bits per heavy atom. The van der Waals surface area contributed by atoms with E-state index in [-0.39, 0.29) is 5.56 Å². The van der Waals surface area contributed by atoms with E-state index in [4.69, 9.17) is 4.74 Å². The van der Waals surface area contributed by atoms with Crippen LogP contribution in [-0.4, -0.2) is 21.9 Å². The van der Waals surface area contributed by atoms with Crippen molar-refractivity contribution in [3.8, 4) is 5.75 Å². The number of pyridine rings is 1. The molecule has 0 radical (unpaired) electrons. The van der Waals surface area contributed by atoms with Crippen LogP contribution in [0.3, 0.4) is 0 Å². The molecule has 0 bridgehead atoms. The summed E-state index contributed by atoms with van der Waals surface area (Å²) < 4.78 is 7.65. The van der Waals surface area contributed by atoms with E-state index in [1.54, 1.807) is 24.2 Å². The van der Waals surface area contributed by atoms with Crippen LogP contribution < -0.4 is 10.3 Å². The summed E-state index contributed by atoms with van der Waals surface area (Å²) in [5.74, 6) is 0.805. The molecule has 0 aliphatic rings. The van der Waals surface area contributed by atoms with E-state index in [0.29, 0.717) is 12.1 Å². The van der Waals surface area contributed by atoms with Crippen molar-refractivity contribution in [3.63, 3.8) is 0 Å². The Kier molecular flexibility index (Phi) is 3.31. The second kappa shape index (κ2) is 5.13. The fraction of sp³-hybridized carbons (Fsp3) is 0.143. The molecule has 1 aromatic carbocycles. The third-order valence-electron chi connectivity index (χ3n) is 3.13. The van der Waals surface area contributed by atoms with Crippen molar-refractivity contribution in [2.75, 3.05) is 7.11 Å². The van der Waals surface area contributed by atoms with Crippen LogP contribution in [0.4, 0.5) is 0 Å². The molecule has 0 atom stereocenters. The lowest BCUT2D eigenvalue weighted by molar-refractivity contribution is 0.414. The Morgan fingerprint density at radius 2 is 2.10 bits per heavy atom. The van der Waals surface area contributed by atoms with E-state index in [9.17, 15) is 4.79 Å². The van der Waals surface area contributed by atoms with Gasteiger partial charge in [-0.25, -0.2) is 0 Å². The molecule has 0 saturated carbocycles. The summed E-state index contributed by atoms with van der Waals surface area (Å²) in [4.78, 5) is 14.6. The Hall–Kier alpha value is -2.08. The highest BCUT2D eigenvalue weighted by Crippen LogP contribution is 2.20. The SMILES string of the molecule is COc1ccc(Cn2ncc3c(Br)c[nH]c(=O)c32)cc1. The first-order chi connectivity index (χ1) is 9.69. The lowest BCUT2D eigenvalue weighted by Crippen LogP contribution is -2.12. The number of fused-ring (bicyclic) bond motifs is 1. The first-order valence-corrected chi connectivity index (χ1v) is 6.84. The summed E-state index contributed by atoms with van der Waals surface area (Å²) in [6, 6.07) is 7.69. The van der Waals surface area contributed by atoms with Gasteiger partial charge in [0.1, 0.15) is 11.3 Å². The molecule has 102 valence electrons. The van der Waals surface area contributed by atoms with E-state index in [2.05, 4.69) is 26.0 Å². The van der Waals surface area contributed by atoms with Gasteiger partial charge < -0.3 is 9.72 Å². The van der Waals surface area contributed by atoms with Gasteiger partial charge in [-0.2, -0.15) is 5.10 Å². The first-order valence-electron chi connectivity index (χ1n) is 6.04. The zero-order valence-corrected chi connectivity index (χ0v) is 12.3. The molecular formula is C14H12BrN3O2. The molecule has 6 heteroatoms. The van der Waals surface area contributed by atoms with Gasteiger partial charge >= 0.3 is 0 Å². The van der Waals surface area contributed by atoms with E-state index in [1.807, 2.05) is 24.3 Å². The molecule has 0 spiro atoms. The topological polar surface area (TPSA) is 59.9 Å². The summed E-state index contributed by atoms with van der Waals surface area (Å²) in [6.07, 6.45) is 3.32. The van der Waals surface area contributed by atoms with Crippen molar-refractivity contribution < 1.29 is 4.74 Å². The molecule has 1 N–H and O–H groups in total. The van der Waals surface area contributed by atoms with Crippen LogP contribution in [0, 0.1) is 0 Å². The number of rotatable bonds is 3. The van der Waals surface area contributed by atoms with Gasteiger partial charge in [-0.15, -0.1) is 0 Å². The molecule has 2 aromatic heterocycles. The number of ether oxygens (including phenoxy) is 1. The fourth-order valence-electron chi connectivity index (χ4n) is 2.10. The number of hydrogen-bond acceptors (Lipinski definition) is 3. The highest BCUT2D eigenvalue weighted by Gasteiger charge is 2.10. The maximum Gasteiger partial charge on any atom is 0.274 e. The Bertz CT molecular complexity index is 805. The van der Waals surface area contributed by atoms with E-state index in [0.717, 1.165) is 21.2 Å². The average molecular weight is 334 g/mol. The lowest BCUT2D eigenvalue weighted by atomic mass is 10.2. The van der Waals surface area contributed by atoms with Gasteiger partial charge in [0.2, 0.25) is 0 Å². The van der Waals surface area contributed by atoms with Crippen LogP contribution in [-0.2, 0) is 6.54 Å². The minimum absolute atomic E-state index is 0.144. The van der Waals surface area contributed by atoms with Gasteiger partial charge in [-0.1, -0.05) is 12.1 Å². The fourth-order valence-corrected chi connectivity index (χ4v) is 2.50. The minimum atomic E-state index is -0.144. The molecular weight excluding hydrogens is 322 g/mol. The number of benzene rings is 1. The highest BCUT2D eigenvalue weighted by molar-refractivity contribution is 9.10. The van der Waals surface area contributed by atoms with Gasteiger partial charge in [0, 0.05) is 16.1 Å². The molecule has 3 aromatic rings. The van der Waals surface area contributed by atoms with Crippen molar-refractivity contribution >= 4 is 26.8 Å². The number of nitrogens with one attached hydrogen (secondary N) is 1. The largest absolute Gasteiger partial charge is 0.497 e. The standard InChI is InChI=1S/C14H12BrN3O2/c1-20-10-4-2-9(3-5-10)8-18-13-11(6-17-18)12(15)7-16-14(13)19/h2-7H,8H2,1H3,(H,16,19). The average Bonchev–Trinajstić information content (AvgIpc) is 2.89. The second-order valence-electron chi connectivity index (χ2n) is 4.38. The molecule has 0 aliphatic carbocycles. The van der Waals surface area contributed by atoms with Crippen LogP contribution in [0.2, 0.25) is 0 Å². The van der Waals surface area contributed by atoms with Crippen LogP contribution in [0.5, 0.6) is 5.75 Å². The van der Waals surface area contributed by atoms with Crippen LogP contribution >= 0.6 is 15.9 Å². The summed E-state index contributed by atoms with van der Waals surface area (Å²) in [5, 5.41) is 5.10. The molecule has 5 nitrogen and oxygen atoms in total. The molecule has 2 heterocycles. The predicted octanol–water partition coefficient (Wildman–Crippen LogP) is 2.54. The minimum Gasteiger partial charge on any atom is -0.497 e. The van der Waals surface area contributed by atoms with E-state index >= 15 is 0 Å². The monoisotopic (exact) mass is 333 g/mol. The summed E-state index contributed by atoms with van der Waals surface area (Å²) >= 11 is 3.41. The molecule has 0 unspecified atom stereocenters. The maximum atomic E-state index is 11.9. The summed E-state index contributed by atoms with van der Waals surface area (Å²) in [5.41, 5.74) is 1.47. The lowest BCUT2D eigenvalue weighted by Gasteiger charge is -2.05. The molecule has 0 saturated heterocycles. The van der Waals surface area contributed by atoms with E-state index < -0.39 is 0 Å². The van der Waals surface area contributed by atoms with Crippen LogP contribution in [0.1, 0.15) is 5.56 Å². The van der Waals surface area contributed by atoms with Crippen molar-refractivity contribution in [1.29, 1.82) is 0 Å². The quantitative estimate of drug-likeness (QED) is 0.801. The van der Waals surface area contributed by atoms with Crippen molar-refractivity contribution in [2.45, 2.75) is 6.54 Å². The maximum absolute atomic E-state index is 11.9. The Morgan fingerprint density at radius 1 is 1.35 bits per heavy atom. The number of methoxy groups -OCH3 is 1. The van der Waals surface area contributed by atoms with E-state index in [1.165, 1.54) is 0 Å². The molecule has 20 heavy (non-hydrogen) atoms. The van der Waals surface area contributed by atoms with Crippen LogP contribution in [0.25, 0.3) is 10.9 Å². The Balaban J connectivity index is 2.02. The van der Waals surface area contributed by atoms with Gasteiger partial charge in [-0.3, -0.25) is 9.48 Å². The molecule has 0 fully saturated rings. The van der Waals surface area contributed by atoms with Gasteiger partial charge in [0.05, 0.1) is 19.9 Å². The zero-order chi connectivity index (χ0) is 14.1. The second-order valence-corrected chi connectivity index (χ2v) is 5.23. The number of H-pyrrole nitrogens is 1. The zero-order valence-electron chi connectivity index (χ0n) is 10.8. The first kappa shape index (κ1) is 12.9. The van der Waals surface area contributed by atoms with Gasteiger partial charge in [0.15, 0.2) is 0 Å². The van der Waals surface area contributed by atoms with Gasteiger partial charge in [0.25, 0.3) is 5.56 Å². The number of aromatic nitrogens is 3. The molecule has 0 aliphatic heterocycles. The van der Waals surface area contributed by atoms with Crippen LogP contribution in [0.15, 0.2) is 45.9 Å². The van der Waals surface area contributed by atoms with Crippen molar-refractivity contribution in [2.24, 2.45) is 0 Å². The van der Waals surface area contributed by atoms with Crippen molar-refractivity contribution in [3.05, 3.63) is 57.0 Å². The summed E-state index contributed by atoms with van der Waals surface area (Å²) in [7, 11) is 1.63.